The first-order chi connectivity index (χ1) is 12.5. The summed E-state index contributed by atoms with van der Waals surface area (Å²) in [7, 11) is 0. The normalized spacial score (nSPS) is 10.2. The first-order valence-corrected chi connectivity index (χ1v) is 9.04. The predicted octanol–water partition coefficient (Wildman–Crippen LogP) is 3.49. The quantitative estimate of drug-likeness (QED) is 0.246. The minimum absolute atomic E-state index is 0.0142. The van der Waals surface area contributed by atoms with Gasteiger partial charge < -0.3 is 10.6 Å². The molecule has 0 spiro atoms. The van der Waals surface area contributed by atoms with E-state index in [0.717, 1.165) is 16.7 Å². The summed E-state index contributed by atoms with van der Waals surface area (Å²) in [6.45, 7) is 0.361. The Morgan fingerprint density at radius 2 is 1.85 bits per heavy atom. The fraction of sp³-hybridized carbons (Fsp3) is 0.176. The number of nitrogens with one attached hydrogen (secondary N) is 2. The van der Waals surface area contributed by atoms with E-state index in [4.69, 9.17) is 11.6 Å². The lowest BCUT2D eigenvalue weighted by Crippen LogP contribution is -2.36. The summed E-state index contributed by atoms with van der Waals surface area (Å²) >= 11 is 7.54. The van der Waals surface area contributed by atoms with Crippen LogP contribution >= 0.6 is 23.4 Å². The Balaban J connectivity index is 1.74. The van der Waals surface area contributed by atoms with Gasteiger partial charge in [-0.15, -0.1) is 11.8 Å². The van der Waals surface area contributed by atoms with Gasteiger partial charge in [-0.1, -0.05) is 29.8 Å². The lowest BCUT2D eigenvalue weighted by molar-refractivity contribution is -0.384. The standard InChI is InChI=1S/C17H16ClN3O4S/c18-14-11-12(21(24)25)7-8-15(14)20-17(23)16(22)19-9-4-10-26-13-5-2-1-3-6-13/h1-3,5-8,11H,4,9-10H2,(H,19,22)(H,20,23). The Morgan fingerprint density at radius 1 is 1.12 bits per heavy atom. The lowest BCUT2D eigenvalue weighted by atomic mass is 10.3. The van der Waals surface area contributed by atoms with Crippen LogP contribution in [0.1, 0.15) is 6.42 Å². The van der Waals surface area contributed by atoms with E-state index >= 15 is 0 Å². The van der Waals surface area contributed by atoms with Crippen LogP contribution in [0.4, 0.5) is 11.4 Å². The number of nitrogens with zero attached hydrogens (tertiary/aromatic N) is 1. The Hall–Kier alpha value is -2.58. The molecular weight excluding hydrogens is 378 g/mol. The average Bonchev–Trinajstić information content (AvgIpc) is 2.63. The molecule has 2 aromatic rings. The van der Waals surface area contributed by atoms with Gasteiger partial charge in [0.1, 0.15) is 0 Å². The molecule has 26 heavy (non-hydrogen) atoms. The van der Waals surface area contributed by atoms with Crippen LogP contribution in [-0.2, 0) is 9.59 Å². The van der Waals surface area contributed by atoms with Crippen LogP contribution in [0.3, 0.4) is 0 Å². The topological polar surface area (TPSA) is 101 Å². The number of hydrogen-bond acceptors (Lipinski definition) is 5. The molecule has 7 nitrogen and oxygen atoms in total. The largest absolute Gasteiger partial charge is 0.348 e. The van der Waals surface area contributed by atoms with E-state index in [1.54, 1.807) is 11.8 Å². The van der Waals surface area contributed by atoms with Crippen LogP contribution in [0.2, 0.25) is 5.02 Å². The van der Waals surface area contributed by atoms with E-state index in [-0.39, 0.29) is 16.4 Å². The number of nitro groups is 1. The van der Waals surface area contributed by atoms with Crippen molar-refractivity contribution in [2.45, 2.75) is 11.3 Å². The third kappa shape index (κ3) is 6.05. The minimum Gasteiger partial charge on any atom is -0.348 e. The number of halogens is 1. The van der Waals surface area contributed by atoms with Gasteiger partial charge in [-0.25, -0.2) is 0 Å². The lowest BCUT2D eigenvalue weighted by Gasteiger charge is -2.08. The molecule has 0 unspecified atom stereocenters. The Morgan fingerprint density at radius 3 is 2.50 bits per heavy atom. The van der Waals surface area contributed by atoms with E-state index in [2.05, 4.69) is 10.6 Å². The second kappa shape index (κ2) is 9.79. The van der Waals surface area contributed by atoms with E-state index in [1.807, 2.05) is 30.3 Å². The second-order valence-corrected chi connectivity index (χ2v) is 6.72. The molecule has 0 heterocycles. The Kier molecular flexibility index (Phi) is 7.43. The maximum absolute atomic E-state index is 11.8. The van der Waals surface area contributed by atoms with Gasteiger partial charge in [0.15, 0.2) is 0 Å². The van der Waals surface area contributed by atoms with Crippen molar-refractivity contribution in [3.05, 3.63) is 63.7 Å². The fourth-order valence-electron chi connectivity index (χ4n) is 1.96. The highest BCUT2D eigenvalue weighted by atomic mass is 35.5. The van der Waals surface area contributed by atoms with Crippen molar-refractivity contribution in [3.8, 4) is 0 Å². The van der Waals surface area contributed by atoms with Crippen molar-refractivity contribution >= 4 is 46.6 Å². The van der Waals surface area contributed by atoms with E-state index in [0.29, 0.717) is 13.0 Å². The molecule has 0 atom stereocenters. The van der Waals surface area contributed by atoms with Crippen LogP contribution in [0, 0.1) is 10.1 Å². The molecule has 0 aliphatic heterocycles. The van der Waals surface area contributed by atoms with E-state index in [9.17, 15) is 19.7 Å². The maximum atomic E-state index is 11.8. The second-order valence-electron chi connectivity index (χ2n) is 5.15. The molecule has 9 heteroatoms. The highest BCUT2D eigenvalue weighted by Gasteiger charge is 2.16. The molecule has 136 valence electrons. The number of carbonyl (C=O) groups is 2. The maximum Gasteiger partial charge on any atom is 0.313 e. The number of hydrogen-bond donors (Lipinski definition) is 2. The number of benzene rings is 2. The average molecular weight is 394 g/mol. The first-order valence-electron chi connectivity index (χ1n) is 7.68. The third-order valence-electron chi connectivity index (χ3n) is 3.24. The summed E-state index contributed by atoms with van der Waals surface area (Å²) in [4.78, 5) is 34.8. The molecule has 0 saturated carbocycles. The molecule has 0 saturated heterocycles. The molecule has 0 aliphatic carbocycles. The van der Waals surface area contributed by atoms with Gasteiger partial charge in [0, 0.05) is 23.6 Å². The zero-order chi connectivity index (χ0) is 18.9. The van der Waals surface area contributed by atoms with Crippen molar-refractivity contribution < 1.29 is 14.5 Å². The van der Waals surface area contributed by atoms with Gasteiger partial charge in [0.2, 0.25) is 0 Å². The summed E-state index contributed by atoms with van der Waals surface area (Å²) < 4.78 is 0. The summed E-state index contributed by atoms with van der Waals surface area (Å²) in [5.74, 6) is -0.860. The van der Waals surface area contributed by atoms with Gasteiger partial charge in [0.25, 0.3) is 5.69 Å². The Labute approximate surface area is 159 Å². The minimum atomic E-state index is -0.878. The third-order valence-corrected chi connectivity index (χ3v) is 4.65. The molecule has 2 rings (SSSR count). The predicted molar refractivity (Wildman–Crippen MR) is 102 cm³/mol. The van der Waals surface area contributed by atoms with Gasteiger partial charge >= 0.3 is 11.8 Å². The molecule has 0 aromatic heterocycles. The molecule has 0 aliphatic rings. The van der Waals surface area contributed by atoms with Crippen molar-refractivity contribution in [2.24, 2.45) is 0 Å². The van der Waals surface area contributed by atoms with Crippen molar-refractivity contribution in [3.63, 3.8) is 0 Å². The highest BCUT2D eigenvalue weighted by molar-refractivity contribution is 7.99. The summed E-state index contributed by atoms with van der Waals surface area (Å²) in [6, 6.07) is 13.4. The van der Waals surface area contributed by atoms with Crippen LogP contribution in [0.15, 0.2) is 53.4 Å². The van der Waals surface area contributed by atoms with E-state index < -0.39 is 16.7 Å². The summed E-state index contributed by atoms with van der Waals surface area (Å²) in [5.41, 5.74) is -0.0644. The fourth-order valence-corrected chi connectivity index (χ4v) is 3.06. The number of carbonyl (C=O) groups excluding carboxylic acids is 2. The Bertz CT molecular complexity index is 802. The highest BCUT2D eigenvalue weighted by Crippen LogP contribution is 2.26. The van der Waals surface area contributed by atoms with Gasteiger partial charge in [-0.2, -0.15) is 0 Å². The number of thioether (sulfide) groups is 1. The van der Waals surface area contributed by atoms with Gasteiger partial charge in [-0.05, 0) is 30.4 Å². The van der Waals surface area contributed by atoms with Crippen molar-refractivity contribution in [1.82, 2.24) is 5.32 Å². The molecule has 2 amide bonds. The summed E-state index contributed by atoms with van der Waals surface area (Å²) in [5, 5.41) is 15.5. The van der Waals surface area contributed by atoms with Gasteiger partial charge in [0.05, 0.1) is 15.6 Å². The first kappa shape index (κ1) is 19.7. The monoisotopic (exact) mass is 393 g/mol. The molecule has 2 aromatic carbocycles. The number of amides is 2. The molecule has 0 radical (unpaired) electrons. The zero-order valence-corrected chi connectivity index (χ0v) is 15.2. The van der Waals surface area contributed by atoms with Crippen LogP contribution < -0.4 is 10.6 Å². The van der Waals surface area contributed by atoms with Gasteiger partial charge in [-0.3, -0.25) is 19.7 Å². The van der Waals surface area contributed by atoms with Crippen molar-refractivity contribution in [2.75, 3.05) is 17.6 Å². The SMILES string of the molecule is O=C(NCCCSc1ccccc1)C(=O)Nc1ccc([N+](=O)[O-])cc1Cl. The number of anilines is 1. The van der Waals surface area contributed by atoms with Crippen LogP contribution in [-0.4, -0.2) is 29.0 Å². The van der Waals surface area contributed by atoms with Crippen molar-refractivity contribution in [1.29, 1.82) is 0 Å². The molecule has 0 bridgehead atoms. The number of nitro benzene ring substituents is 1. The summed E-state index contributed by atoms with van der Waals surface area (Å²) in [6.07, 6.45) is 0.705. The van der Waals surface area contributed by atoms with Crippen LogP contribution in [0.25, 0.3) is 0 Å². The molecule has 0 fully saturated rings. The number of non-ortho nitro benzene ring substituents is 1. The molecule has 2 N–H and O–H groups in total. The molecular formula is C17H16ClN3O4S. The van der Waals surface area contributed by atoms with E-state index in [1.165, 1.54) is 12.1 Å². The smallest absolute Gasteiger partial charge is 0.313 e. The number of rotatable bonds is 7. The van der Waals surface area contributed by atoms with Crippen LogP contribution in [0.5, 0.6) is 0 Å². The zero-order valence-electron chi connectivity index (χ0n) is 13.6.